The topological polar surface area (TPSA) is 173 Å². The molecule has 9 rings (SSSR count). The van der Waals surface area contributed by atoms with Crippen LogP contribution in [0.1, 0.15) is 50.6 Å². The third-order valence-electron chi connectivity index (χ3n) is 11.4. The van der Waals surface area contributed by atoms with E-state index in [1.54, 1.807) is 10.7 Å². The zero-order valence-electron chi connectivity index (χ0n) is 30.9. The summed E-state index contributed by atoms with van der Waals surface area (Å²) in [5, 5.41) is 18.6. The van der Waals surface area contributed by atoms with Crippen LogP contribution >= 0.6 is 11.6 Å². The number of aromatic nitrogens is 6. The zero-order chi connectivity index (χ0) is 39.0. The highest BCUT2D eigenvalue weighted by atomic mass is 35.5. The maximum absolute atomic E-state index is 15.1. The van der Waals surface area contributed by atoms with E-state index in [1.165, 1.54) is 24.0 Å². The highest BCUT2D eigenvalue weighted by molar-refractivity contribution is 6.33. The Morgan fingerprint density at radius 2 is 1.84 bits per heavy atom. The summed E-state index contributed by atoms with van der Waals surface area (Å²) in [7, 11) is 3.38. The van der Waals surface area contributed by atoms with Gasteiger partial charge in [0.15, 0.2) is 12.4 Å². The van der Waals surface area contributed by atoms with Crippen molar-refractivity contribution in [2.24, 2.45) is 25.9 Å². The molecule has 2 saturated heterocycles. The average molecular weight is 788 g/mol. The molecule has 4 N–H and O–H groups in total. The summed E-state index contributed by atoms with van der Waals surface area (Å²) in [6.07, 6.45) is 5.96. The lowest BCUT2D eigenvalue weighted by Crippen LogP contribution is -2.46. The predicted molar refractivity (Wildman–Crippen MR) is 207 cm³/mol. The molecular formula is C38H40ClF2N11O4. The summed E-state index contributed by atoms with van der Waals surface area (Å²) in [5.41, 5.74) is 2.96. The van der Waals surface area contributed by atoms with E-state index >= 15 is 8.78 Å². The van der Waals surface area contributed by atoms with Gasteiger partial charge in [-0.2, -0.15) is 10.1 Å². The molecule has 3 fully saturated rings. The number of amides is 2. The molecule has 56 heavy (non-hydrogen) atoms. The quantitative estimate of drug-likeness (QED) is 0.162. The van der Waals surface area contributed by atoms with Gasteiger partial charge in [0.2, 0.25) is 23.5 Å². The number of aryl methyl sites for hydroxylation is 2. The number of hydrogen-bond donors (Lipinski definition) is 4. The molecule has 2 amide bonds. The van der Waals surface area contributed by atoms with Gasteiger partial charge >= 0.3 is 5.92 Å². The number of nitrogens with one attached hydrogen (secondary N) is 4. The average Bonchev–Trinajstić information content (AvgIpc) is 3.97. The molecule has 1 aliphatic carbocycles. The largest absolute Gasteiger partial charge is 0.480 e. The molecule has 4 aliphatic rings. The number of hydrogen-bond acceptors (Lipinski definition) is 12. The van der Waals surface area contributed by atoms with Crippen LogP contribution in [0, 0.1) is 11.8 Å². The molecule has 7 heterocycles. The number of imide groups is 1. The lowest BCUT2D eigenvalue weighted by Gasteiger charge is -2.37. The number of halogens is 3. The first-order valence-corrected chi connectivity index (χ1v) is 19.1. The van der Waals surface area contributed by atoms with E-state index < -0.39 is 30.0 Å². The summed E-state index contributed by atoms with van der Waals surface area (Å²) in [6, 6.07) is 6.74. The number of rotatable bonds is 7. The van der Waals surface area contributed by atoms with Gasteiger partial charge in [0.05, 0.1) is 46.9 Å². The van der Waals surface area contributed by atoms with Crippen molar-refractivity contribution in [3.63, 3.8) is 0 Å². The number of fused-ring (bicyclic) bond motifs is 4. The van der Waals surface area contributed by atoms with Gasteiger partial charge < -0.3 is 25.6 Å². The number of benzene rings is 1. The Bertz CT molecular complexity index is 2490. The standard InChI is InChI=1S/C38H40ClF2N11O4/c1-18-16-52(11-10-26(18)44-20-6-7-22-27(13-20)51(3)49-29(22)23-8-9-28(53)46-35(23)54)37-43-15-25(39)33(48-37)45-21-12-24-30-31(36(55)50(2)34(24)42-14-21)56-17-38(40,41)32(47-30)19-4-5-19/h6-7,12-15,18-19,23,26,32,44,47H,4-5,8-11,16-17H2,1-3H3,(H,43,45,48)(H,46,53,54)/t18-,23?,26-,32+/m1/s1. The van der Waals surface area contributed by atoms with Crippen LogP contribution in [-0.4, -0.2) is 78.8 Å². The van der Waals surface area contributed by atoms with Gasteiger partial charge in [0.25, 0.3) is 5.56 Å². The number of carbonyl (C=O) groups excluding carboxylic acids is 2. The van der Waals surface area contributed by atoms with Gasteiger partial charge in [-0.05, 0) is 61.8 Å². The van der Waals surface area contributed by atoms with Crippen molar-refractivity contribution in [2.75, 3.05) is 40.5 Å². The van der Waals surface area contributed by atoms with Crippen LogP contribution < -0.4 is 36.5 Å². The van der Waals surface area contributed by atoms with Crippen molar-refractivity contribution in [3.8, 4) is 5.75 Å². The van der Waals surface area contributed by atoms with Crippen LogP contribution in [0.2, 0.25) is 5.02 Å². The first kappa shape index (κ1) is 36.1. The van der Waals surface area contributed by atoms with Gasteiger partial charge in [0.1, 0.15) is 10.7 Å². The second-order valence-electron chi connectivity index (χ2n) is 15.4. The smallest absolute Gasteiger partial charge is 0.301 e. The third kappa shape index (κ3) is 6.40. The highest BCUT2D eigenvalue weighted by Gasteiger charge is 2.51. The predicted octanol–water partition coefficient (Wildman–Crippen LogP) is 5.07. The fourth-order valence-corrected chi connectivity index (χ4v) is 8.36. The minimum atomic E-state index is -3.16. The molecule has 1 aromatic carbocycles. The van der Waals surface area contributed by atoms with E-state index in [2.05, 4.69) is 48.2 Å². The van der Waals surface area contributed by atoms with Crippen molar-refractivity contribution in [3.05, 3.63) is 57.7 Å². The van der Waals surface area contributed by atoms with Crippen LogP contribution in [0.3, 0.4) is 0 Å². The fourth-order valence-electron chi connectivity index (χ4n) is 8.22. The monoisotopic (exact) mass is 787 g/mol. The van der Waals surface area contributed by atoms with E-state index in [1.807, 2.05) is 25.2 Å². The number of carbonyl (C=O) groups is 2. The normalized spacial score (nSPS) is 23.6. The van der Waals surface area contributed by atoms with Crippen molar-refractivity contribution in [1.29, 1.82) is 0 Å². The minimum absolute atomic E-state index is 0.156. The summed E-state index contributed by atoms with van der Waals surface area (Å²) in [4.78, 5) is 53.4. The SMILES string of the molecule is C[C@@H]1CN(c2ncc(Cl)c(Nc3cnc4c(c3)c3c(c(=O)n4C)OCC(F)(F)[C@H](C4CC4)N3)n2)CC[C@H]1Nc1ccc2c(C3CCC(=O)NC3=O)nn(C)c2c1. The van der Waals surface area contributed by atoms with E-state index in [-0.39, 0.29) is 46.2 Å². The second-order valence-corrected chi connectivity index (χ2v) is 15.8. The third-order valence-corrected chi connectivity index (χ3v) is 11.7. The van der Waals surface area contributed by atoms with Gasteiger partial charge in [-0.15, -0.1) is 0 Å². The Kier molecular flexibility index (Phi) is 8.74. The molecule has 4 aromatic heterocycles. The minimum Gasteiger partial charge on any atom is -0.480 e. The lowest BCUT2D eigenvalue weighted by molar-refractivity contribution is -0.134. The first-order chi connectivity index (χ1) is 26.8. The molecule has 18 heteroatoms. The number of pyridine rings is 2. The number of piperidine rings is 2. The molecule has 292 valence electrons. The van der Waals surface area contributed by atoms with E-state index in [4.69, 9.17) is 21.3 Å². The van der Waals surface area contributed by atoms with Crippen LogP contribution in [0.4, 0.5) is 37.6 Å². The van der Waals surface area contributed by atoms with E-state index in [9.17, 15) is 14.4 Å². The molecule has 1 unspecified atom stereocenters. The Labute approximate surface area is 324 Å². The van der Waals surface area contributed by atoms with Crippen molar-refractivity contribution in [1.82, 2.24) is 34.6 Å². The molecule has 0 bridgehead atoms. The Morgan fingerprint density at radius 1 is 1.02 bits per heavy atom. The molecule has 5 aromatic rings. The first-order valence-electron chi connectivity index (χ1n) is 18.8. The summed E-state index contributed by atoms with van der Waals surface area (Å²) in [6.45, 7) is 2.62. The van der Waals surface area contributed by atoms with E-state index in [0.717, 1.165) is 23.0 Å². The maximum Gasteiger partial charge on any atom is 0.301 e. The van der Waals surface area contributed by atoms with Crippen molar-refractivity contribution in [2.45, 2.75) is 63.0 Å². The van der Waals surface area contributed by atoms with Crippen molar-refractivity contribution < 1.29 is 23.1 Å². The van der Waals surface area contributed by atoms with Gasteiger partial charge in [0, 0.05) is 56.1 Å². The molecule has 3 aliphatic heterocycles. The van der Waals surface area contributed by atoms with Crippen molar-refractivity contribution >= 4 is 74.2 Å². The van der Waals surface area contributed by atoms with Crippen LogP contribution in [0.15, 0.2) is 41.5 Å². The summed E-state index contributed by atoms with van der Waals surface area (Å²) < 4.78 is 38.8. The lowest BCUT2D eigenvalue weighted by atomic mass is 9.92. The summed E-state index contributed by atoms with van der Waals surface area (Å²) >= 11 is 6.59. The van der Waals surface area contributed by atoms with Gasteiger partial charge in [-0.3, -0.25) is 28.9 Å². The fraction of sp³-hybridized carbons (Fsp3) is 0.447. The van der Waals surface area contributed by atoms with Crippen LogP contribution in [0.25, 0.3) is 21.9 Å². The molecule has 0 spiro atoms. The van der Waals surface area contributed by atoms with Gasteiger partial charge in [-0.25, -0.2) is 18.7 Å². The van der Waals surface area contributed by atoms with Crippen LogP contribution in [-0.2, 0) is 23.7 Å². The number of ether oxygens (including phenoxy) is 1. The molecule has 4 atom stereocenters. The zero-order valence-corrected chi connectivity index (χ0v) is 31.7. The van der Waals surface area contributed by atoms with E-state index in [0.29, 0.717) is 73.0 Å². The molecule has 0 radical (unpaired) electrons. The van der Waals surface area contributed by atoms with Crippen LogP contribution in [0.5, 0.6) is 5.75 Å². The Balaban J connectivity index is 0.913. The Hall–Kier alpha value is -5.58. The second kappa shape index (κ2) is 13.6. The summed E-state index contributed by atoms with van der Waals surface area (Å²) in [5.74, 6) is -3.52. The Morgan fingerprint density at radius 3 is 2.61 bits per heavy atom. The van der Waals surface area contributed by atoms with Gasteiger partial charge in [-0.1, -0.05) is 18.5 Å². The number of alkyl halides is 2. The number of nitrogens with zero attached hydrogens (tertiary/aromatic N) is 7. The molecule has 15 nitrogen and oxygen atoms in total. The maximum atomic E-state index is 15.1. The highest BCUT2D eigenvalue weighted by Crippen LogP contribution is 2.45. The molecule has 1 saturated carbocycles. The number of anilines is 5. The molecular weight excluding hydrogens is 748 g/mol.